The fourth-order valence-corrected chi connectivity index (χ4v) is 2.47. The summed E-state index contributed by atoms with van der Waals surface area (Å²) in [7, 11) is 6.36. The molecule has 2 rings (SSSR count). The topological polar surface area (TPSA) is 32.3 Å². The van der Waals surface area contributed by atoms with E-state index in [1.165, 1.54) is 19.3 Å². The standard InChI is InChI=1S/C12H19ClN4/c1-16(2)12(7-4-8-12)9-17(3)11-6-5-10(13)14-15-11/h5-6H,4,7-9H2,1-3H3. The lowest BCUT2D eigenvalue weighted by Gasteiger charge is -2.49. The Kier molecular flexibility index (Phi) is 3.54. The van der Waals surface area contributed by atoms with Gasteiger partial charge in [-0.25, -0.2) is 0 Å². The lowest BCUT2D eigenvalue weighted by Crippen LogP contribution is -2.56. The fraction of sp³-hybridized carbons (Fsp3) is 0.667. The van der Waals surface area contributed by atoms with Gasteiger partial charge in [-0.1, -0.05) is 11.6 Å². The summed E-state index contributed by atoms with van der Waals surface area (Å²) < 4.78 is 0. The molecule has 0 N–H and O–H groups in total. The Hall–Kier alpha value is -0.870. The molecule has 5 heteroatoms. The molecule has 0 radical (unpaired) electrons. The third-order valence-electron chi connectivity index (χ3n) is 3.77. The summed E-state index contributed by atoms with van der Waals surface area (Å²) in [5.41, 5.74) is 0.302. The molecule has 1 heterocycles. The predicted molar refractivity (Wildman–Crippen MR) is 70.6 cm³/mol. The van der Waals surface area contributed by atoms with Crippen molar-refractivity contribution in [2.45, 2.75) is 24.8 Å². The van der Waals surface area contributed by atoms with Crippen LogP contribution in [0.15, 0.2) is 12.1 Å². The Morgan fingerprint density at radius 3 is 2.35 bits per heavy atom. The Morgan fingerprint density at radius 1 is 1.24 bits per heavy atom. The van der Waals surface area contributed by atoms with Gasteiger partial charge in [0.2, 0.25) is 0 Å². The number of likely N-dealkylation sites (N-methyl/N-ethyl adjacent to an activating group) is 2. The number of hydrogen-bond donors (Lipinski definition) is 0. The van der Waals surface area contributed by atoms with E-state index in [-0.39, 0.29) is 0 Å². The molecule has 0 atom stereocenters. The monoisotopic (exact) mass is 254 g/mol. The van der Waals surface area contributed by atoms with Crippen LogP contribution in [0.4, 0.5) is 5.82 Å². The second-order valence-electron chi connectivity index (χ2n) is 5.04. The van der Waals surface area contributed by atoms with E-state index in [1.807, 2.05) is 6.07 Å². The minimum atomic E-state index is 0.302. The summed E-state index contributed by atoms with van der Waals surface area (Å²) in [4.78, 5) is 4.48. The van der Waals surface area contributed by atoms with Crippen LogP contribution in [-0.2, 0) is 0 Å². The van der Waals surface area contributed by atoms with Crippen molar-refractivity contribution in [3.63, 3.8) is 0 Å². The molecule has 0 amide bonds. The maximum atomic E-state index is 5.74. The second kappa shape index (κ2) is 4.78. The van der Waals surface area contributed by atoms with Gasteiger partial charge in [-0.3, -0.25) is 0 Å². The largest absolute Gasteiger partial charge is 0.356 e. The molecule has 0 spiro atoms. The minimum Gasteiger partial charge on any atom is -0.356 e. The van der Waals surface area contributed by atoms with Crippen LogP contribution < -0.4 is 4.90 Å². The van der Waals surface area contributed by atoms with Crippen LogP contribution in [0.3, 0.4) is 0 Å². The maximum absolute atomic E-state index is 5.74. The molecule has 1 fully saturated rings. The first-order valence-electron chi connectivity index (χ1n) is 5.91. The lowest BCUT2D eigenvalue weighted by atomic mass is 9.75. The zero-order valence-corrected chi connectivity index (χ0v) is 11.4. The van der Waals surface area contributed by atoms with Crippen molar-refractivity contribution in [2.75, 3.05) is 32.6 Å². The Labute approximate surface area is 108 Å². The lowest BCUT2D eigenvalue weighted by molar-refractivity contribution is 0.0681. The Bertz CT molecular complexity index is 373. The molecule has 0 aliphatic heterocycles. The molecule has 1 saturated carbocycles. The number of anilines is 1. The molecule has 1 aromatic rings. The second-order valence-corrected chi connectivity index (χ2v) is 5.43. The average Bonchev–Trinajstić information content (AvgIpc) is 2.23. The van der Waals surface area contributed by atoms with Crippen LogP contribution in [-0.4, -0.2) is 48.3 Å². The van der Waals surface area contributed by atoms with E-state index in [9.17, 15) is 0 Å². The van der Waals surface area contributed by atoms with Crippen molar-refractivity contribution >= 4 is 17.4 Å². The summed E-state index contributed by atoms with van der Waals surface area (Å²) in [6, 6.07) is 3.70. The summed E-state index contributed by atoms with van der Waals surface area (Å²) in [6.07, 6.45) is 3.83. The van der Waals surface area contributed by atoms with Gasteiger partial charge in [-0.05, 0) is 45.5 Å². The molecule has 0 bridgehead atoms. The van der Waals surface area contributed by atoms with Crippen molar-refractivity contribution in [2.24, 2.45) is 0 Å². The SMILES string of the molecule is CN(CC1(N(C)C)CCC1)c1ccc(Cl)nn1. The van der Waals surface area contributed by atoms with Gasteiger partial charge in [0.05, 0.1) is 0 Å². The van der Waals surface area contributed by atoms with Gasteiger partial charge >= 0.3 is 0 Å². The van der Waals surface area contributed by atoms with E-state index in [4.69, 9.17) is 11.6 Å². The van der Waals surface area contributed by atoms with Crippen LogP contribution in [0.1, 0.15) is 19.3 Å². The number of hydrogen-bond acceptors (Lipinski definition) is 4. The van der Waals surface area contributed by atoms with Gasteiger partial charge in [-0.2, -0.15) is 0 Å². The Balaban J connectivity index is 2.05. The van der Waals surface area contributed by atoms with Gasteiger partial charge in [-0.15, -0.1) is 10.2 Å². The summed E-state index contributed by atoms with van der Waals surface area (Å²) in [6.45, 7) is 0.982. The van der Waals surface area contributed by atoms with Gasteiger partial charge < -0.3 is 9.80 Å². The molecule has 94 valence electrons. The highest BCUT2D eigenvalue weighted by atomic mass is 35.5. The van der Waals surface area contributed by atoms with Crippen molar-refractivity contribution in [1.82, 2.24) is 15.1 Å². The predicted octanol–water partition coefficient (Wildman–Crippen LogP) is 2.05. The maximum Gasteiger partial charge on any atom is 0.151 e. The number of halogens is 1. The van der Waals surface area contributed by atoms with Crippen LogP contribution in [0.5, 0.6) is 0 Å². The van der Waals surface area contributed by atoms with Gasteiger partial charge in [0.25, 0.3) is 0 Å². The van der Waals surface area contributed by atoms with E-state index in [0.29, 0.717) is 10.7 Å². The van der Waals surface area contributed by atoms with Crippen LogP contribution in [0.2, 0.25) is 5.15 Å². The van der Waals surface area contributed by atoms with Crippen LogP contribution in [0, 0.1) is 0 Å². The number of aromatic nitrogens is 2. The van der Waals surface area contributed by atoms with E-state index in [0.717, 1.165) is 12.4 Å². The first kappa shape index (κ1) is 12.6. The van der Waals surface area contributed by atoms with Crippen molar-refractivity contribution in [3.8, 4) is 0 Å². The van der Waals surface area contributed by atoms with Crippen molar-refractivity contribution in [1.29, 1.82) is 0 Å². The summed E-state index contributed by atoms with van der Waals surface area (Å²) >= 11 is 5.74. The van der Waals surface area contributed by atoms with Crippen molar-refractivity contribution in [3.05, 3.63) is 17.3 Å². The zero-order chi connectivity index (χ0) is 12.5. The average molecular weight is 255 g/mol. The minimum absolute atomic E-state index is 0.302. The number of rotatable bonds is 4. The summed E-state index contributed by atoms with van der Waals surface area (Å²) in [5, 5.41) is 8.42. The van der Waals surface area contributed by atoms with E-state index >= 15 is 0 Å². The quantitative estimate of drug-likeness (QED) is 0.823. The molecule has 4 nitrogen and oxygen atoms in total. The van der Waals surface area contributed by atoms with E-state index in [1.54, 1.807) is 6.07 Å². The highest BCUT2D eigenvalue weighted by molar-refractivity contribution is 6.29. The zero-order valence-electron chi connectivity index (χ0n) is 10.6. The number of nitrogens with zero attached hydrogens (tertiary/aromatic N) is 4. The highest BCUT2D eigenvalue weighted by Gasteiger charge is 2.40. The van der Waals surface area contributed by atoms with Gasteiger partial charge in [0.1, 0.15) is 0 Å². The molecule has 1 aromatic heterocycles. The fourth-order valence-electron chi connectivity index (χ4n) is 2.37. The van der Waals surface area contributed by atoms with Crippen LogP contribution >= 0.6 is 11.6 Å². The van der Waals surface area contributed by atoms with Gasteiger partial charge in [0, 0.05) is 19.1 Å². The molecule has 0 aromatic carbocycles. The van der Waals surface area contributed by atoms with E-state index < -0.39 is 0 Å². The third-order valence-corrected chi connectivity index (χ3v) is 3.98. The third kappa shape index (κ3) is 2.53. The van der Waals surface area contributed by atoms with Crippen LogP contribution in [0.25, 0.3) is 0 Å². The molecular formula is C12H19ClN4. The molecule has 1 aliphatic carbocycles. The summed E-state index contributed by atoms with van der Waals surface area (Å²) in [5.74, 6) is 0.877. The van der Waals surface area contributed by atoms with Crippen molar-refractivity contribution < 1.29 is 0 Å². The molecule has 0 unspecified atom stereocenters. The Morgan fingerprint density at radius 2 is 1.94 bits per heavy atom. The molecule has 0 saturated heterocycles. The molecular weight excluding hydrogens is 236 g/mol. The normalized spacial score (nSPS) is 17.9. The van der Waals surface area contributed by atoms with E-state index in [2.05, 4.69) is 41.1 Å². The first-order chi connectivity index (χ1) is 8.03. The highest BCUT2D eigenvalue weighted by Crippen LogP contribution is 2.37. The molecule has 1 aliphatic rings. The first-order valence-corrected chi connectivity index (χ1v) is 6.29. The molecule has 17 heavy (non-hydrogen) atoms. The van der Waals surface area contributed by atoms with Gasteiger partial charge in [0.15, 0.2) is 11.0 Å². The smallest absolute Gasteiger partial charge is 0.151 e.